The number of thiophene rings is 1. The molecule has 1 aromatic heterocycles. The Bertz CT molecular complexity index is 445. The Morgan fingerprint density at radius 2 is 2.12 bits per heavy atom. The van der Waals surface area contributed by atoms with Crippen molar-refractivity contribution >= 4 is 17.1 Å². The van der Waals surface area contributed by atoms with Gasteiger partial charge in [0.1, 0.15) is 0 Å². The maximum absolute atomic E-state index is 11.1. The van der Waals surface area contributed by atoms with Crippen molar-refractivity contribution in [1.29, 1.82) is 0 Å². The van der Waals surface area contributed by atoms with Crippen LogP contribution in [0.5, 0.6) is 0 Å². The number of hydrogen-bond acceptors (Lipinski definition) is 3. The summed E-state index contributed by atoms with van der Waals surface area (Å²) < 4.78 is 0. The van der Waals surface area contributed by atoms with Gasteiger partial charge in [0.15, 0.2) is 5.78 Å². The molecule has 1 N–H and O–H groups in total. The van der Waals surface area contributed by atoms with Gasteiger partial charge < -0.3 is 5.32 Å². The van der Waals surface area contributed by atoms with Crippen LogP contribution in [0.3, 0.4) is 0 Å². The second-order valence-corrected chi connectivity index (χ2v) is 5.83. The van der Waals surface area contributed by atoms with Crippen LogP contribution in [-0.2, 0) is 4.79 Å². The zero-order valence-electron chi connectivity index (χ0n) is 9.96. The summed E-state index contributed by atoms with van der Waals surface area (Å²) in [4.78, 5) is 13.8. The normalized spacial score (nSPS) is 17.4. The predicted octanol–water partition coefficient (Wildman–Crippen LogP) is 3.26. The van der Waals surface area contributed by atoms with Crippen LogP contribution in [0, 0.1) is 13.8 Å². The van der Waals surface area contributed by atoms with E-state index in [0.29, 0.717) is 12.5 Å². The molecule has 2 nitrogen and oxygen atoms in total. The number of aryl methyl sites for hydroxylation is 2. The van der Waals surface area contributed by atoms with E-state index in [1.54, 1.807) is 6.08 Å². The molecule has 86 valence electrons. The van der Waals surface area contributed by atoms with E-state index >= 15 is 0 Å². The van der Waals surface area contributed by atoms with Crippen molar-refractivity contribution < 1.29 is 4.79 Å². The van der Waals surface area contributed by atoms with Gasteiger partial charge in [-0.15, -0.1) is 11.3 Å². The van der Waals surface area contributed by atoms with Gasteiger partial charge >= 0.3 is 0 Å². The summed E-state index contributed by atoms with van der Waals surface area (Å²) in [7, 11) is 0. The van der Waals surface area contributed by atoms with Crippen LogP contribution in [0.25, 0.3) is 0 Å². The summed E-state index contributed by atoms with van der Waals surface area (Å²) in [5, 5.41) is 3.43. The monoisotopic (exact) mass is 235 g/mol. The highest BCUT2D eigenvalue weighted by Gasteiger charge is 2.16. The van der Waals surface area contributed by atoms with Gasteiger partial charge in [0.2, 0.25) is 0 Å². The van der Waals surface area contributed by atoms with E-state index in [-0.39, 0.29) is 5.78 Å². The van der Waals surface area contributed by atoms with E-state index in [0.717, 1.165) is 12.1 Å². The third-order valence-corrected chi connectivity index (χ3v) is 3.91. The highest BCUT2D eigenvalue weighted by Crippen LogP contribution is 2.27. The van der Waals surface area contributed by atoms with Gasteiger partial charge in [-0.2, -0.15) is 0 Å². The number of carbonyl (C=O) groups is 1. The number of carbonyl (C=O) groups excluding carboxylic acids is 1. The fraction of sp³-hybridized carbons (Fsp3) is 0.462. The third-order valence-electron chi connectivity index (χ3n) is 2.92. The number of rotatable bonds is 3. The van der Waals surface area contributed by atoms with Crippen LogP contribution in [0.4, 0.5) is 0 Å². The Kier molecular flexibility index (Phi) is 3.15. The SMILES string of the molecule is Cc1cc(C(C)NC2=CC(=O)CC2)c(C)s1. The lowest BCUT2D eigenvalue weighted by molar-refractivity contribution is -0.114. The molecule has 16 heavy (non-hydrogen) atoms. The highest BCUT2D eigenvalue weighted by atomic mass is 32.1. The first kappa shape index (κ1) is 11.4. The minimum atomic E-state index is 0.243. The number of hydrogen-bond donors (Lipinski definition) is 1. The van der Waals surface area contributed by atoms with Crippen LogP contribution < -0.4 is 5.32 Å². The fourth-order valence-corrected chi connectivity index (χ4v) is 3.17. The second kappa shape index (κ2) is 4.42. The maximum atomic E-state index is 11.1. The molecule has 0 spiro atoms. The summed E-state index contributed by atoms with van der Waals surface area (Å²) in [5.41, 5.74) is 2.43. The van der Waals surface area contributed by atoms with Gasteiger partial charge in [-0.1, -0.05) is 0 Å². The molecule has 0 aliphatic heterocycles. The zero-order valence-corrected chi connectivity index (χ0v) is 10.8. The first-order valence-corrected chi connectivity index (χ1v) is 6.45. The molecule has 0 radical (unpaired) electrons. The molecular formula is C13H17NOS. The third kappa shape index (κ3) is 2.35. The lowest BCUT2D eigenvalue weighted by Gasteiger charge is -2.15. The maximum Gasteiger partial charge on any atom is 0.157 e. The standard InChI is InChI=1S/C13H17NOS/c1-8-6-13(10(3)16-8)9(2)14-11-4-5-12(15)7-11/h6-7,9,14H,4-5H2,1-3H3. The Morgan fingerprint density at radius 3 is 2.62 bits per heavy atom. The molecule has 0 aromatic carbocycles. The zero-order chi connectivity index (χ0) is 11.7. The minimum Gasteiger partial charge on any atom is -0.382 e. The molecule has 2 rings (SSSR count). The summed E-state index contributed by atoms with van der Waals surface area (Å²) in [6.45, 7) is 6.43. The van der Waals surface area contributed by atoms with Crippen molar-refractivity contribution in [2.75, 3.05) is 0 Å². The average molecular weight is 235 g/mol. The van der Waals surface area contributed by atoms with Crippen LogP contribution in [0.1, 0.15) is 41.1 Å². The van der Waals surface area contributed by atoms with Gasteiger partial charge in [-0.3, -0.25) is 4.79 Å². The van der Waals surface area contributed by atoms with E-state index in [2.05, 4.69) is 32.2 Å². The Balaban J connectivity index is 2.08. The Morgan fingerprint density at radius 1 is 1.38 bits per heavy atom. The minimum absolute atomic E-state index is 0.243. The molecule has 1 aromatic rings. The van der Waals surface area contributed by atoms with E-state index in [9.17, 15) is 4.79 Å². The highest BCUT2D eigenvalue weighted by molar-refractivity contribution is 7.12. The van der Waals surface area contributed by atoms with Gasteiger partial charge in [-0.05, 0) is 38.8 Å². The molecule has 0 bridgehead atoms. The molecule has 0 saturated carbocycles. The summed E-state index contributed by atoms with van der Waals surface area (Å²) in [6.07, 6.45) is 3.27. The molecular weight excluding hydrogens is 218 g/mol. The second-order valence-electron chi connectivity index (χ2n) is 4.37. The van der Waals surface area contributed by atoms with Crippen molar-refractivity contribution in [3.63, 3.8) is 0 Å². The van der Waals surface area contributed by atoms with Crippen LogP contribution in [0.2, 0.25) is 0 Å². The Hall–Kier alpha value is -1.09. The smallest absolute Gasteiger partial charge is 0.157 e. The molecule has 1 unspecified atom stereocenters. The number of nitrogens with one attached hydrogen (secondary N) is 1. The van der Waals surface area contributed by atoms with Crippen LogP contribution in [0.15, 0.2) is 17.8 Å². The van der Waals surface area contributed by atoms with E-state index in [1.807, 2.05) is 11.3 Å². The van der Waals surface area contributed by atoms with Crippen LogP contribution in [-0.4, -0.2) is 5.78 Å². The van der Waals surface area contributed by atoms with Crippen molar-refractivity contribution in [2.24, 2.45) is 0 Å². The Labute approximate surface area is 100 Å². The van der Waals surface area contributed by atoms with Crippen molar-refractivity contribution in [2.45, 2.75) is 39.7 Å². The average Bonchev–Trinajstić information content (AvgIpc) is 2.73. The van der Waals surface area contributed by atoms with Crippen LogP contribution >= 0.6 is 11.3 Å². The molecule has 0 amide bonds. The van der Waals surface area contributed by atoms with E-state index < -0.39 is 0 Å². The summed E-state index contributed by atoms with van der Waals surface area (Å²) in [5.74, 6) is 0.243. The van der Waals surface area contributed by atoms with Gasteiger partial charge in [-0.25, -0.2) is 0 Å². The first-order chi connectivity index (χ1) is 7.56. The number of ketones is 1. The summed E-state index contributed by atoms with van der Waals surface area (Å²) >= 11 is 1.83. The fourth-order valence-electron chi connectivity index (χ4n) is 2.15. The molecule has 1 heterocycles. The molecule has 1 atom stereocenters. The largest absolute Gasteiger partial charge is 0.382 e. The van der Waals surface area contributed by atoms with Gasteiger partial charge in [0.05, 0.1) is 0 Å². The quantitative estimate of drug-likeness (QED) is 0.871. The topological polar surface area (TPSA) is 29.1 Å². The molecule has 3 heteroatoms. The molecule has 0 saturated heterocycles. The predicted molar refractivity (Wildman–Crippen MR) is 67.7 cm³/mol. The van der Waals surface area contributed by atoms with Crippen molar-refractivity contribution in [3.05, 3.63) is 33.2 Å². The van der Waals surface area contributed by atoms with E-state index in [1.165, 1.54) is 15.3 Å². The molecule has 1 aliphatic carbocycles. The first-order valence-electron chi connectivity index (χ1n) is 5.63. The van der Waals surface area contributed by atoms with Gasteiger partial charge in [0, 0.05) is 34.0 Å². The lowest BCUT2D eigenvalue weighted by Crippen LogP contribution is -2.17. The van der Waals surface area contributed by atoms with E-state index in [4.69, 9.17) is 0 Å². The van der Waals surface area contributed by atoms with Crippen molar-refractivity contribution in [1.82, 2.24) is 5.32 Å². The van der Waals surface area contributed by atoms with Crippen molar-refractivity contribution in [3.8, 4) is 0 Å². The molecule has 1 aliphatic rings. The molecule has 0 fully saturated rings. The van der Waals surface area contributed by atoms with Gasteiger partial charge in [0.25, 0.3) is 0 Å². The lowest BCUT2D eigenvalue weighted by atomic mass is 10.1. The number of allylic oxidation sites excluding steroid dienone is 2. The summed E-state index contributed by atoms with van der Waals surface area (Å²) in [6, 6.07) is 2.52.